The predicted molar refractivity (Wildman–Crippen MR) is 68.9 cm³/mol. The molecule has 17 heavy (non-hydrogen) atoms. The quantitative estimate of drug-likeness (QED) is 0.821. The third-order valence-electron chi connectivity index (χ3n) is 3.11. The summed E-state index contributed by atoms with van der Waals surface area (Å²) in [6.07, 6.45) is 3.61. The normalized spacial score (nSPS) is 16.6. The number of ether oxygens (including phenoxy) is 2. The first kappa shape index (κ1) is 12.2. The maximum absolute atomic E-state index is 5.38. The topological polar surface area (TPSA) is 30.5 Å². The van der Waals surface area contributed by atoms with Gasteiger partial charge in [0, 0.05) is 12.1 Å². The van der Waals surface area contributed by atoms with E-state index in [9.17, 15) is 0 Å². The molecule has 2 rings (SSSR count). The van der Waals surface area contributed by atoms with Crippen molar-refractivity contribution in [1.29, 1.82) is 0 Å². The number of methoxy groups -OCH3 is 2. The number of nitrogens with one attached hydrogen (secondary N) is 1. The van der Waals surface area contributed by atoms with Gasteiger partial charge in [0.2, 0.25) is 0 Å². The van der Waals surface area contributed by atoms with Gasteiger partial charge in [-0.2, -0.15) is 0 Å². The number of rotatable bonds is 6. The first-order chi connectivity index (χ1) is 8.22. The maximum Gasteiger partial charge on any atom is 0.122 e. The zero-order chi connectivity index (χ0) is 12.3. The Bertz CT molecular complexity index is 374. The molecule has 1 saturated carbocycles. The second-order valence-electron chi connectivity index (χ2n) is 4.72. The minimum Gasteiger partial charge on any atom is -0.497 e. The molecule has 1 atom stereocenters. The van der Waals surface area contributed by atoms with Gasteiger partial charge in [-0.3, -0.25) is 0 Å². The van der Waals surface area contributed by atoms with Crippen LogP contribution in [0, 0.1) is 0 Å². The van der Waals surface area contributed by atoms with E-state index in [1.54, 1.807) is 14.2 Å². The molecule has 1 N–H and O–H groups in total. The van der Waals surface area contributed by atoms with Crippen LogP contribution in [0.2, 0.25) is 0 Å². The van der Waals surface area contributed by atoms with Crippen LogP contribution in [0.4, 0.5) is 0 Å². The second-order valence-corrected chi connectivity index (χ2v) is 4.72. The van der Waals surface area contributed by atoms with Crippen LogP contribution in [0.25, 0.3) is 0 Å². The average molecular weight is 235 g/mol. The fourth-order valence-corrected chi connectivity index (χ4v) is 2.08. The largest absolute Gasteiger partial charge is 0.497 e. The van der Waals surface area contributed by atoms with Crippen molar-refractivity contribution in [1.82, 2.24) is 5.32 Å². The first-order valence-electron chi connectivity index (χ1n) is 6.20. The van der Waals surface area contributed by atoms with E-state index >= 15 is 0 Å². The van der Waals surface area contributed by atoms with E-state index in [0.717, 1.165) is 24.0 Å². The van der Waals surface area contributed by atoms with Gasteiger partial charge in [-0.1, -0.05) is 0 Å². The third kappa shape index (κ3) is 3.37. The minimum atomic E-state index is 0.475. The van der Waals surface area contributed by atoms with Crippen molar-refractivity contribution in [2.75, 3.05) is 14.2 Å². The zero-order valence-electron chi connectivity index (χ0n) is 10.8. The van der Waals surface area contributed by atoms with E-state index in [-0.39, 0.29) is 0 Å². The summed E-state index contributed by atoms with van der Waals surface area (Å²) in [5.41, 5.74) is 1.20. The summed E-state index contributed by atoms with van der Waals surface area (Å²) in [5, 5.41) is 3.59. The molecule has 3 heteroatoms. The molecule has 1 aromatic carbocycles. The van der Waals surface area contributed by atoms with E-state index in [0.29, 0.717) is 6.04 Å². The van der Waals surface area contributed by atoms with Crippen LogP contribution in [-0.2, 0) is 6.42 Å². The molecule has 0 saturated heterocycles. The molecule has 1 aromatic rings. The Morgan fingerprint density at radius 3 is 2.65 bits per heavy atom. The number of hydrogen-bond acceptors (Lipinski definition) is 3. The van der Waals surface area contributed by atoms with Crippen molar-refractivity contribution in [2.45, 2.75) is 38.3 Å². The molecule has 0 aliphatic heterocycles. The summed E-state index contributed by atoms with van der Waals surface area (Å²) < 4.78 is 10.6. The van der Waals surface area contributed by atoms with Gasteiger partial charge in [0.15, 0.2) is 0 Å². The van der Waals surface area contributed by atoms with Crippen molar-refractivity contribution in [3.63, 3.8) is 0 Å². The summed E-state index contributed by atoms with van der Waals surface area (Å²) in [4.78, 5) is 0. The smallest absolute Gasteiger partial charge is 0.122 e. The van der Waals surface area contributed by atoms with Gasteiger partial charge < -0.3 is 14.8 Å². The molecule has 94 valence electrons. The third-order valence-corrected chi connectivity index (χ3v) is 3.11. The van der Waals surface area contributed by atoms with Crippen LogP contribution in [0.3, 0.4) is 0 Å². The number of benzene rings is 1. The number of hydrogen-bond donors (Lipinski definition) is 1. The standard InChI is InChI=1S/C14H21NO2/c1-10(15-12-4-5-12)8-11-9-13(16-2)6-7-14(11)17-3/h6-7,9-10,12,15H,4-5,8H2,1-3H3. The summed E-state index contributed by atoms with van der Waals surface area (Å²) in [7, 11) is 3.40. The van der Waals surface area contributed by atoms with Gasteiger partial charge >= 0.3 is 0 Å². The van der Waals surface area contributed by atoms with Crippen LogP contribution in [0.15, 0.2) is 18.2 Å². The fraction of sp³-hybridized carbons (Fsp3) is 0.571. The van der Waals surface area contributed by atoms with Crippen molar-refractivity contribution >= 4 is 0 Å². The van der Waals surface area contributed by atoms with E-state index in [4.69, 9.17) is 9.47 Å². The molecule has 0 aromatic heterocycles. The van der Waals surface area contributed by atoms with E-state index in [1.165, 1.54) is 18.4 Å². The van der Waals surface area contributed by atoms with Crippen LogP contribution in [0.1, 0.15) is 25.3 Å². The summed E-state index contributed by atoms with van der Waals surface area (Å²) in [5.74, 6) is 1.83. The Morgan fingerprint density at radius 1 is 1.29 bits per heavy atom. The van der Waals surface area contributed by atoms with Crippen LogP contribution in [0.5, 0.6) is 11.5 Å². The van der Waals surface area contributed by atoms with Crippen molar-refractivity contribution in [3.05, 3.63) is 23.8 Å². The SMILES string of the molecule is COc1ccc(OC)c(CC(C)NC2CC2)c1. The van der Waals surface area contributed by atoms with E-state index in [1.807, 2.05) is 12.1 Å². The Labute approximate surface area is 103 Å². The Hall–Kier alpha value is -1.22. The van der Waals surface area contributed by atoms with Gasteiger partial charge in [0.25, 0.3) is 0 Å². The maximum atomic E-state index is 5.38. The van der Waals surface area contributed by atoms with Crippen molar-refractivity contribution < 1.29 is 9.47 Å². The van der Waals surface area contributed by atoms with E-state index in [2.05, 4.69) is 18.3 Å². The summed E-state index contributed by atoms with van der Waals surface area (Å²) in [6.45, 7) is 2.22. The summed E-state index contributed by atoms with van der Waals surface area (Å²) >= 11 is 0. The molecular formula is C14H21NO2. The molecule has 1 aliphatic rings. The van der Waals surface area contributed by atoms with Gasteiger partial charge in [0.05, 0.1) is 14.2 Å². The molecule has 0 heterocycles. The second kappa shape index (κ2) is 5.41. The molecule has 0 amide bonds. The molecule has 0 spiro atoms. The van der Waals surface area contributed by atoms with Crippen LogP contribution < -0.4 is 14.8 Å². The Kier molecular flexibility index (Phi) is 3.89. The molecule has 0 radical (unpaired) electrons. The monoisotopic (exact) mass is 235 g/mol. The first-order valence-corrected chi connectivity index (χ1v) is 6.20. The Morgan fingerprint density at radius 2 is 2.06 bits per heavy atom. The highest BCUT2D eigenvalue weighted by molar-refractivity contribution is 5.40. The van der Waals surface area contributed by atoms with Gasteiger partial charge in [-0.15, -0.1) is 0 Å². The van der Waals surface area contributed by atoms with Crippen molar-refractivity contribution in [2.24, 2.45) is 0 Å². The van der Waals surface area contributed by atoms with Crippen molar-refractivity contribution in [3.8, 4) is 11.5 Å². The molecule has 1 aliphatic carbocycles. The lowest BCUT2D eigenvalue weighted by molar-refractivity contribution is 0.395. The summed E-state index contributed by atoms with van der Waals surface area (Å²) in [6, 6.07) is 7.17. The average Bonchev–Trinajstić information content (AvgIpc) is 3.12. The lowest BCUT2D eigenvalue weighted by Gasteiger charge is -2.16. The minimum absolute atomic E-state index is 0.475. The van der Waals surface area contributed by atoms with Gasteiger partial charge in [0.1, 0.15) is 11.5 Å². The van der Waals surface area contributed by atoms with Crippen LogP contribution >= 0.6 is 0 Å². The predicted octanol–water partition coefficient (Wildman–Crippen LogP) is 2.39. The molecule has 0 bridgehead atoms. The van der Waals surface area contributed by atoms with Gasteiger partial charge in [-0.05, 0) is 49.9 Å². The highest BCUT2D eigenvalue weighted by atomic mass is 16.5. The van der Waals surface area contributed by atoms with E-state index < -0.39 is 0 Å². The highest BCUT2D eigenvalue weighted by Crippen LogP contribution is 2.26. The highest BCUT2D eigenvalue weighted by Gasteiger charge is 2.23. The lowest BCUT2D eigenvalue weighted by atomic mass is 10.1. The zero-order valence-corrected chi connectivity index (χ0v) is 10.8. The molecule has 1 fully saturated rings. The fourth-order valence-electron chi connectivity index (χ4n) is 2.08. The lowest BCUT2D eigenvalue weighted by Crippen LogP contribution is -2.30. The van der Waals surface area contributed by atoms with Crippen LogP contribution in [-0.4, -0.2) is 26.3 Å². The molecule has 1 unspecified atom stereocenters. The Balaban J connectivity index is 2.05. The molecular weight excluding hydrogens is 214 g/mol. The van der Waals surface area contributed by atoms with Gasteiger partial charge in [-0.25, -0.2) is 0 Å². The molecule has 3 nitrogen and oxygen atoms in total.